The first-order valence-electron chi connectivity index (χ1n) is 22.8. The zero-order valence-electron chi connectivity index (χ0n) is 36.2. The van der Waals surface area contributed by atoms with Gasteiger partial charge in [-0.15, -0.1) is 0 Å². The molecular formula is C50H85NO5. The van der Waals surface area contributed by atoms with Gasteiger partial charge in [-0.2, -0.15) is 0 Å². The second-order valence-electron chi connectivity index (χ2n) is 15.1. The number of hydrogen-bond acceptors (Lipinski definition) is 5. The van der Waals surface area contributed by atoms with Crippen LogP contribution in [0.4, 0.5) is 0 Å². The fraction of sp³-hybridized carbons (Fsp3) is 0.680. The van der Waals surface area contributed by atoms with Crippen LogP contribution in [-0.4, -0.2) is 46.9 Å². The maximum atomic E-state index is 13.1. The molecule has 6 nitrogen and oxygen atoms in total. The number of amides is 1. The van der Waals surface area contributed by atoms with E-state index in [0.717, 1.165) is 64.2 Å². The molecule has 3 unspecified atom stereocenters. The van der Waals surface area contributed by atoms with Gasteiger partial charge in [-0.25, -0.2) is 0 Å². The molecule has 0 fully saturated rings. The lowest BCUT2D eigenvalue weighted by Gasteiger charge is -2.23. The third-order valence-electron chi connectivity index (χ3n) is 9.70. The first-order valence-corrected chi connectivity index (χ1v) is 22.8. The number of allylic oxidation sites excluding steroid dienone is 13. The van der Waals surface area contributed by atoms with Crippen LogP contribution in [0, 0.1) is 0 Å². The number of nitrogens with one attached hydrogen (secondary N) is 1. The minimum Gasteiger partial charge on any atom is -0.458 e. The van der Waals surface area contributed by atoms with Gasteiger partial charge in [0.2, 0.25) is 5.91 Å². The van der Waals surface area contributed by atoms with Crippen molar-refractivity contribution >= 4 is 11.9 Å². The molecule has 0 aliphatic carbocycles. The monoisotopic (exact) mass is 780 g/mol. The lowest BCUT2D eigenvalue weighted by atomic mass is 10.0. The molecule has 0 aromatic carbocycles. The lowest BCUT2D eigenvalue weighted by Crippen LogP contribution is -2.46. The van der Waals surface area contributed by atoms with Gasteiger partial charge in [0.05, 0.1) is 25.2 Å². The predicted octanol–water partition coefficient (Wildman–Crippen LogP) is 13.2. The summed E-state index contributed by atoms with van der Waals surface area (Å²) in [6.45, 7) is 6.27. The van der Waals surface area contributed by atoms with Gasteiger partial charge >= 0.3 is 5.97 Å². The maximum Gasteiger partial charge on any atom is 0.306 e. The second kappa shape index (κ2) is 43.2. The highest BCUT2D eigenvalue weighted by atomic mass is 16.5. The number of aliphatic hydroxyl groups is 2. The standard InChI is InChI=1S/C50H85NO5/c1-4-7-10-13-16-19-21-22-23-24-25-26-28-31-34-37-40-43-50(55)56-46(41-38-35-32-30-27-20-17-14-11-8-5-2)44-49(54)51-47(45-52)48(53)42-39-36-33-29-18-15-12-9-6-3/h7,10,16,19,22-23,25-26,30-32,34,38,41,46-48,52-53H,4-6,8-9,11-15,17-18,20-21,24,27-29,33,35-37,39-40,42-45H2,1-3H3,(H,51,54)/b10-7-,19-16-,23-22-,26-25-,32-30-,34-31-,41-38+. The maximum absolute atomic E-state index is 13.1. The minimum absolute atomic E-state index is 0.0558. The van der Waals surface area contributed by atoms with Crippen molar-refractivity contribution in [2.24, 2.45) is 0 Å². The normalized spacial score (nSPS) is 14.2. The van der Waals surface area contributed by atoms with E-state index in [-0.39, 0.29) is 31.3 Å². The number of carbonyl (C=O) groups excluding carboxylic acids is 2. The Kier molecular flexibility index (Phi) is 40.9. The summed E-state index contributed by atoms with van der Waals surface area (Å²) in [7, 11) is 0. The molecule has 6 heteroatoms. The molecule has 3 N–H and O–H groups in total. The lowest BCUT2D eigenvalue weighted by molar-refractivity contribution is -0.148. The average Bonchev–Trinajstić information content (AvgIpc) is 3.19. The van der Waals surface area contributed by atoms with Crippen LogP contribution in [0.2, 0.25) is 0 Å². The molecule has 0 radical (unpaired) electrons. The van der Waals surface area contributed by atoms with Crippen LogP contribution in [0.15, 0.2) is 85.1 Å². The summed E-state index contributed by atoms with van der Waals surface area (Å²) in [4.78, 5) is 25.9. The van der Waals surface area contributed by atoms with E-state index >= 15 is 0 Å². The SMILES string of the molecule is CC/C=C\C/C=C\C/C=C\C/C=C\C/C=C\CCCC(=O)OC(/C=C/C/C=C\CCCCCCCC)CC(=O)NC(CO)C(O)CCCCCCCCCCC. The van der Waals surface area contributed by atoms with Crippen LogP contribution in [0.3, 0.4) is 0 Å². The van der Waals surface area contributed by atoms with Crippen LogP contribution in [-0.2, 0) is 14.3 Å². The van der Waals surface area contributed by atoms with Crippen molar-refractivity contribution in [3.05, 3.63) is 85.1 Å². The predicted molar refractivity (Wildman–Crippen MR) is 241 cm³/mol. The smallest absolute Gasteiger partial charge is 0.306 e. The Hall–Kier alpha value is -2.96. The third-order valence-corrected chi connectivity index (χ3v) is 9.70. The molecule has 0 aliphatic heterocycles. The molecule has 0 aromatic heterocycles. The Balaban J connectivity index is 4.78. The van der Waals surface area contributed by atoms with Crippen LogP contribution in [0.25, 0.3) is 0 Å². The van der Waals surface area contributed by atoms with Gasteiger partial charge in [0, 0.05) is 6.42 Å². The number of ether oxygens (including phenoxy) is 1. The number of carbonyl (C=O) groups is 2. The first-order chi connectivity index (χ1) is 27.5. The van der Waals surface area contributed by atoms with E-state index in [1.165, 1.54) is 77.0 Å². The van der Waals surface area contributed by atoms with E-state index in [2.05, 4.69) is 99.0 Å². The highest BCUT2D eigenvalue weighted by Gasteiger charge is 2.23. The van der Waals surface area contributed by atoms with E-state index in [1.807, 2.05) is 6.08 Å². The Labute approximate surface area is 344 Å². The molecule has 0 saturated heterocycles. The van der Waals surface area contributed by atoms with Crippen molar-refractivity contribution in [3.8, 4) is 0 Å². The molecule has 56 heavy (non-hydrogen) atoms. The van der Waals surface area contributed by atoms with E-state index in [1.54, 1.807) is 6.08 Å². The molecule has 0 heterocycles. The third kappa shape index (κ3) is 37.9. The number of unbranched alkanes of at least 4 members (excludes halogenated alkanes) is 15. The van der Waals surface area contributed by atoms with Gasteiger partial charge in [0.1, 0.15) is 6.10 Å². The van der Waals surface area contributed by atoms with Gasteiger partial charge in [0.25, 0.3) is 0 Å². The van der Waals surface area contributed by atoms with E-state index in [9.17, 15) is 19.8 Å². The summed E-state index contributed by atoms with van der Waals surface area (Å²) in [5.41, 5.74) is 0. The molecule has 0 aliphatic rings. The van der Waals surface area contributed by atoms with Gasteiger partial charge in [-0.05, 0) is 76.7 Å². The van der Waals surface area contributed by atoms with Crippen molar-refractivity contribution in [1.82, 2.24) is 5.32 Å². The number of esters is 1. The van der Waals surface area contributed by atoms with Crippen molar-refractivity contribution in [2.75, 3.05) is 6.61 Å². The van der Waals surface area contributed by atoms with Crippen LogP contribution in [0.5, 0.6) is 0 Å². The number of aliphatic hydroxyl groups excluding tert-OH is 2. The van der Waals surface area contributed by atoms with Gasteiger partial charge < -0.3 is 20.3 Å². The van der Waals surface area contributed by atoms with E-state index in [4.69, 9.17) is 4.74 Å². The average molecular weight is 780 g/mol. The van der Waals surface area contributed by atoms with Gasteiger partial charge in [0.15, 0.2) is 0 Å². The van der Waals surface area contributed by atoms with Crippen molar-refractivity contribution in [1.29, 1.82) is 0 Å². The van der Waals surface area contributed by atoms with Crippen molar-refractivity contribution in [3.63, 3.8) is 0 Å². The van der Waals surface area contributed by atoms with Crippen LogP contribution >= 0.6 is 0 Å². The number of hydrogen-bond donors (Lipinski definition) is 3. The molecule has 320 valence electrons. The van der Waals surface area contributed by atoms with E-state index < -0.39 is 18.2 Å². The second-order valence-corrected chi connectivity index (χ2v) is 15.1. The molecular weight excluding hydrogens is 695 g/mol. The highest BCUT2D eigenvalue weighted by Crippen LogP contribution is 2.14. The highest BCUT2D eigenvalue weighted by molar-refractivity contribution is 5.78. The first kappa shape index (κ1) is 53.0. The summed E-state index contributed by atoms with van der Waals surface area (Å²) in [5.74, 6) is -0.683. The largest absolute Gasteiger partial charge is 0.458 e. The molecule has 1 amide bonds. The Bertz CT molecular complexity index is 1100. The molecule has 3 atom stereocenters. The molecule has 0 saturated carbocycles. The fourth-order valence-electron chi connectivity index (χ4n) is 6.25. The van der Waals surface area contributed by atoms with Crippen LogP contribution < -0.4 is 5.32 Å². The summed E-state index contributed by atoms with van der Waals surface area (Å²) >= 11 is 0. The Morgan fingerprint density at radius 1 is 0.554 bits per heavy atom. The van der Waals surface area contributed by atoms with Gasteiger partial charge in [-0.3, -0.25) is 9.59 Å². The zero-order chi connectivity index (χ0) is 41.0. The summed E-state index contributed by atoms with van der Waals surface area (Å²) in [6, 6.07) is -0.745. The van der Waals surface area contributed by atoms with Gasteiger partial charge in [-0.1, -0.05) is 190 Å². The minimum atomic E-state index is -0.821. The Morgan fingerprint density at radius 2 is 1.00 bits per heavy atom. The topological polar surface area (TPSA) is 95.9 Å². The Morgan fingerprint density at radius 3 is 1.52 bits per heavy atom. The van der Waals surface area contributed by atoms with Crippen LogP contribution in [0.1, 0.15) is 194 Å². The molecule has 0 rings (SSSR count). The molecule has 0 bridgehead atoms. The quantitative estimate of drug-likeness (QED) is 0.0328. The zero-order valence-corrected chi connectivity index (χ0v) is 36.2. The van der Waals surface area contributed by atoms with Crippen molar-refractivity contribution in [2.45, 2.75) is 212 Å². The summed E-state index contributed by atoms with van der Waals surface area (Å²) < 4.78 is 5.77. The molecule has 0 spiro atoms. The number of rotatable bonds is 39. The summed E-state index contributed by atoms with van der Waals surface area (Å²) in [5, 5.41) is 23.5. The molecule has 0 aromatic rings. The van der Waals surface area contributed by atoms with E-state index in [0.29, 0.717) is 19.3 Å². The van der Waals surface area contributed by atoms with Crippen molar-refractivity contribution < 1.29 is 24.5 Å². The fourth-order valence-corrected chi connectivity index (χ4v) is 6.25. The summed E-state index contributed by atoms with van der Waals surface area (Å²) in [6.07, 6.45) is 55.4.